The second-order valence-electron chi connectivity index (χ2n) is 5.47. The van der Waals surface area contributed by atoms with E-state index in [1.54, 1.807) is 0 Å². The molecule has 0 radical (unpaired) electrons. The van der Waals surface area contributed by atoms with Gasteiger partial charge in [-0.3, -0.25) is 0 Å². The first-order valence-electron chi connectivity index (χ1n) is 6.83. The molecule has 3 nitrogen and oxygen atoms in total. The Morgan fingerprint density at radius 3 is 2.56 bits per heavy atom. The average molecular weight is 226 g/mol. The SMILES string of the molecule is CC1OCCC1CNCC1CCCC1CN. The van der Waals surface area contributed by atoms with Crippen LogP contribution < -0.4 is 11.1 Å². The summed E-state index contributed by atoms with van der Waals surface area (Å²) in [4.78, 5) is 0. The van der Waals surface area contributed by atoms with Crippen molar-refractivity contribution in [3.8, 4) is 0 Å². The van der Waals surface area contributed by atoms with Crippen LogP contribution in [0.5, 0.6) is 0 Å². The summed E-state index contributed by atoms with van der Waals surface area (Å²) in [6.07, 6.45) is 5.75. The Morgan fingerprint density at radius 2 is 1.88 bits per heavy atom. The van der Waals surface area contributed by atoms with Gasteiger partial charge in [0.05, 0.1) is 6.10 Å². The van der Waals surface area contributed by atoms with Crippen molar-refractivity contribution >= 4 is 0 Å². The fourth-order valence-corrected chi connectivity index (χ4v) is 3.19. The molecule has 4 atom stereocenters. The van der Waals surface area contributed by atoms with Crippen LogP contribution in [0.1, 0.15) is 32.6 Å². The van der Waals surface area contributed by atoms with Gasteiger partial charge in [-0.2, -0.15) is 0 Å². The topological polar surface area (TPSA) is 47.3 Å². The van der Waals surface area contributed by atoms with Gasteiger partial charge in [0, 0.05) is 13.2 Å². The Balaban J connectivity index is 1.63. The monoisotopic (exact) mass is 226 g/mol. The molecule has 0 aromatic rings. The van der Waals surface area contributed by atoms with E-state index in [-0.39, 0.29) is 0 Å². The smallest absolute Gasteiger partial charge is 0.0588 e. The lowest BCUT2D eigenvalue weighted by molar-refractivity contribution is 0.105. The van der Waals surface area contributed by atoms with Gasteiger partial charge < -0.3 is 15.8 Å². The standard InChI is InChI=1S/C13H26N2O/c1-10-12(5-6-16-10)8-15-9-13-4-2-3-11(13)7-14/h10-13,15H,2-9,14H2,1H3. The van der Waals surface area contributed by atoms with Gasteiger partial charge in [0.2, 0.25) is 0 Å². The highest BCUT2D eigenvalue weighted by atomic mass is 16.5. The molecule has 0 aromatic heterocycles. The van der Waals surface area contributed by atoms with Gasteiger partial charge in [-0.15, -0.1) is 0 Å². The first-order chi connectivity index (χ1) is 7.81. The Morgan fingerprint density at radius 1 is 1.12 bits per heavy atom. The van der Waals surface area contributed by atoms with E-state index < -0.39 is 0 Å². The van der Waals surface area contributed by atoms with Crippen LogP contribution in [0.3, 0.4) is 0 Å². The lowest BCUT2D eigenvalue weighted by Gasteiger charge is -2.20. The second kappa shape index (κ2) is 5.99. The minimum absolute atomic E-state index is 0.446. The summed E-state index contributed by atoms with van der Waals surface area (Å²) >= 11 is 0. The summed E-state index contributed by atoms with van der Waals surface area (Å²) in [5.41, 5.74) is 5.79. The van der Waals surface area contributed by atoms with E-state index in [4.69, 9.17) is 10.5 Å². The number of nitrogens with one attached hydrogen (secondary N) is 1. The van der Waals surface area contributed by atoms with Crippen LogP contribution in [0.4, 0.5) is 0 Å². The Kier molecular flexibility index (Phi) is 4.62. The van der Waals surface area contributed by atoms with Crippen LogP contribution in [0.25, 0.3) is 0 Å². The summed E-state index contributed by atoms with van der Waals surface area (Å²) in [6.45, 7) is 6.29. The number of rotatable bonds is 5. The quantitative estimate of drug-likeness (QED) is 0.744. The van der Waals surface area contributed by atoms with E-state index in [2.05, 4.69) is 12.2 Å². The summed E-state index contributed by atoms with van der Waals surface area (Å²) in [6, 6.07) is 0. The van der Waals surface area contributed by atoms with Crippen LogP contribution in [0.15, 0.2) is 0 Å². The van der Waals surface area contributed by atoms with Gasteiger partial charge >= 0.3 is 0 Å². The second-order valence-corrected chi connectivity index (χ2v) is 5.47. The molecule has 2 aliphatic rings. The van der Waals surface area contributed by atoms with Crippen molar-refractivity contribution in [2.45, 2.75) is 38.7 Å². The summed E-state index contributed by atoms with van der Waals surface area (Å²) in [5, 5.41) is 3.63. The first kappa shape index (κ1) is 12.3. The highest BCUT2D eigenvalue weighted by Crippen LogP contribution is 2.30. The largest absolute Gasteiger partial charge is 0.378 e. The molecule has 2 rings (SSSR count). The minimum Gasteiger partial charge on any atom is -0.378 e. The summed E-state index contributed by atoms with van der Waals surface area (Å²) < 4.78 is 5.57. The van der Waals surface area contributed by atoms with Crippen molar-refractivity contribution in [2.24, 2.45) is 23.5 Å². The summed E-state index contributed by atoms with van der Waals surface area (Å²) in [5.74, 6) is 2.31. The van der Waals surface area contributed by atoms with Crippen molar-refractivity contribution in [3.05, 3.63) is 0 Å². The Bertz CT molecular complexity index is 210. The fourth-order valence-electron chi connectivity index (χ4n) is 3.19. The molecule has 1 saturated carbocycles. The van der Waals surface area contributed by atoms with Gasteiger partial charge in [0.15, 0.2) is 0 Å². The number of hydrogen-bond acceptors (Lipinski definition) is 3. The Hall–Kier alpha value is -0.120. The minimum atomic E-state index is 0.446. The van der Waals surface area contributed by atoms with E-state index in [0.717, 1.165) is 44.0 Å². The fraction of sp³-hybridized carbons (Fsp3) is 1.00. The number of nitrogens with two attached hydrogens (primary N) is 1. The molecule has 0 bridgehead atoms. The van der Waals surface area contributed by atoms with Gasteiger partial charge in [-0.05, 0) is 57.0 Å². The van der Waals surface area contributed by atoms with Gasteiger partial charge in [-0.1, -0.05) is 6.42 Å². The number of hydrogen-bond donors (Lipinski definition) is 2. The molecule has 1 aliphatic heterocycles. The first-order valence-corrected chi connectivity index (χ1v) is 6.83. The molecule has 0 aromatic carbocycles. The van der Waals surface area contributed by atoms with Crippen LogP contribution >= 0.6 is 0 Å². The van der Waals surface area contributed by atoms with Crippen molar-refractivity contribution in [3.63, 3.8) is 0 Å². The lowest BCUT2D eigenvalue weighted by atomic mass is 9.95. The normalized spacial score (nSPS) is 39.4. The lowest BCUT2D eigenvalue weighted by Crippen LogP contribution is -2.33. The molecule has 3 heteroatoms. The van der Waals surface area contributed by atoms with E-state index >= 15 is 0 Å². The van der Waals surface area contributed by atoms with E-state index in [0.29, 0.717) is 6.10 Å². The van der Waals surface area contributed by atoms with Gasteiger partial charge in [0.1, 0.15) is 0 Å². The molecule has 0 amide bonds. The van der Waals surface area contributed by atoms with Crippen LogP contribution in [-0.2, 0) is 4.74 Å². The molecular weight excluding hydrogens is 200 g/mol. The van der Waals surface area contributed by atoms with E-state index in [1.165, 1.54) is 25.7 Å². The third-order valence-corrected chi connectivity index (χ3v) is 4.47. The zero-order chi connectivity index (χ0) is 11.4. The van der Waals surface area contributed by atoms with Gasteiger partial charge in [0.25, 0.3) is 0 Å². The van der Waals surface area contributed by atoms with E-state index in [1.807, 2.05) is 0 Å². The van der Waals surface area contributed by atoms with Crippen molar-refractivity contribution in [1.82, 2.24) is 5.32 Å². The molecule has 4 unspecified atom stereocenters. The third kappa shape index (κ3) is 2.96. The molecule has 3 N–H and O–H groups in total. The molecular formula is C13H26N2O. The predicted molar refractivity (Wildman–Crippen MR) is 66.3 cm³/mol. The molecule has 1 heterocycles. The molecule has 1 saturated heterocycles. The van der Waals surface area contributed by atoms with Gasteiger partial charge in [-0.25, -0.2) is 0 Å². The third-order valence-electron chi connectivity index (χ3n) is 4.47. The summed E-state index contributed by atoms with van der Waals surface area (Å²) in [7, 11) is 0. The molecule has 2 fully saturated rings. The van der Waals surface area contributed by atoms with Crippen molar-refractivity contribution in [1.29, 1.82) is 0 Å². The highest BCUT2D eigenvalue weighted by molar-refractivity contribution is 4.81. The zero-order valence-corrected chi connectivity index (χ0v) is 10.5. The maximum Gasteiger partial charge on any atom is 0.0588 e. The number of ether oxygens (including phenoxy) is 1. The average Bonchev–Trinajstić information content (AvgIpc) is 2.88. The molecule has 0 spiro atoms. The van der Waals surface area contributed by atoms with E-state index in [9.17, 15) is 0 Å². The maximum absolute atomic E-state index is 5.79. The zero-order valence-electron chi connectivity index (χ0n) is 10.5. The highest BCUT2D eigenvalue weighted by Gasteiger charge is 2.27. The molecule has 1 aliphatic carbocycles. The van der Waals surface area contributed by atoms with Crippen molar-refractivity contribution < 1.29 is 4.74 Å². The van der Waals surface area contributed by atoms with Crippen molar-refractivity contribution in [2.75, 3.05) is 26.2 Å². The van der Waals surface area contributed by atoms with Crippen LogP contribution in [0, 0.1) is 17.8 Å². The molecule has 16 heavy (non-hydrogen) atoms. The predicted octanol–water partition coefficient (Wildman–Crippen LogP) is 1.38. The maximum atomic E-state index is 5.79. The molecule has 94 valence electrons. The van der Waals surface area contributed by atoms with Crippen LogP contribution in [-0.4, -0.2) is 32.3 Å². The van der Waals surface area contributed by atoms with Crippen LogP contribution in [0.2, 0.25) is 0 Å². The Labute approximate surface area is 99.1 Å².